The Morgan fingerprint density at radius 3 is 2.74 bits per heavy atom. The first-order valence-electron chi connectivity index (χ1n) is 9.70. The number of nitrogens with zero attached hydrogens (tertiary/aromatic N) is 1. The van der Waals surface area contributed by atoms with Gasteiger partial charge in [0.25, 0.3) is 5.91 Å². The van der Waals surface area contributed by atoms with Crippen LogP contribution in [0.2, 0.25) is 0 Å². The van der Waals surface area contributed by atoms with Crippen LogP contribution in [0, 0.1) is 0 Å². The van der Waals surface area contributed by atoms with Crippen molar-refractivity contribution in [2.24, 2.45) is 0 Å². The molecule has 2 aromatic carbocycles. The largest absolute Gasteiger partial charge is 0.321 e. The van der Waals surface area contributed by atoms with Gasteiger partial charge in [-0.05, 0) is 35.7 Å². The molecule has 0 bridgehead atoms. The van der Waals surface area contributed by atoms with Crippen LogP contribution in [0.15, 0.2) is 48.5 Å². The summed E-state index contributed by atoms with van der Waals surface area (Å²) in [5, 5.41) is 4.22. The van der Waals surface area contributed by atoms with Crippen molar-refractivity contribution in [1.29, 1.82) is 0 Å². The quantitative estimate of drug-likeness (QED) is 0.708. The van der Waals surface area contributed by atoms with Crippen LogP contribution < -0.4 is 10.2 Å². The lowest BCUT2D eigenvalue weighted by atomic mass is 10.0. The van der Waals surface area contributed by atoms with E-state index in [2.05, 4.69) is 49.5 Å². The van der Waals surface area contributed by atoms with E-state index in [4.69, 9.17) is 4.98 Å². The molecule has 4 nitrogen and oxygen atoms in total. The Hall–Kier alpha value is -2.24. The second-order valence-electron chi connectivity index (χ2n) is 7.62. The van der Waals surface area contributed by atoms with Gasteiger partial charge >= 0.3 is 0 Å². The first kappa shape index (κ1) is 18.1. The lowest BCUT2D eigenvalue weighted by molar-refractivity contribution is -0.910. The number of fused-ring (bicyclic) bond motifs is 1. The van der Waals surface area contributed by atoms with Gasteiger partial charge in [-0.15, -0.1) is 11.3 Å². The third-order valence-electron chi connectivity index (χ3n) is 5.34. The minimum Gasteiger partial charge on any atom is -0.321 e. The van der Waals surface area contributed by atoms with Gasteiger partial charge in [-0.3, -0.25) is 4.79 Å². The molecule has 1 saturated heterocycles. The molecule has 27 heavy (non-hydrogen) atoms. The molecule has 2 N–H and O–H groups in total. The highest BCUT2D eigenvalue weighted by Gasteiger charge is 2.34. The first-order valence-corrected chi connectivity index (χ1v) is 10.5. The standard InChI is InChI=1S/C22H25N3OS/c1-15(2)16-9-11-17(12-10-16)23-21(26)14-25-13-5-7-19(25)22-24-18-6-3-4-8-20(18)27-22/h3-4,6,8-12,15,19H,5,7,13-14H2,1-2H3,(H,23,26)/p+1/t19-/m1/s1. The average molecular weight is 381 g/mol. The topological polar surface area (TPSA) is 46.4 Å². The number of benzene rings is 2. The minimum absolute atomic E-state index is 0.0790. The Kier molecular flexibility index (Phi) is 5.23. The van der Waals surface area contributed by atoms with E-state index < -0.39 is 0 Å². The van der Waals surface area contributed by atoms with Crippen molar-refractivity contribution < 1.29 is 9.69 Å². The number of aromatic nitrogens is 1. The molecule has 1 unspecified atom stereocenters. The molecule has 0 aliphatic carbocycles. The van der Waals surface area contributed by atoms with Crippen molar-refractivity contribution in [1.82, 2.24) is 4.98 Å². The van der Waals surface area contributed by atoms with E-state index in [1.807, 2.05) is 18.2 Å². The van der Waals surface area contributed by atoms with Crippen molar-refractivity contribution in [2.75, 3.05) is 18.4 Å². The molecule has 0 radical (unpaired) electrons. The molecule has 1 aliphatic heterocycles. The highest BCUT2D eigenvalue weighted by atomic mass is 32.1. The van der Waals surface area contributed by atoms with E-state index in [9.17, 15) is 4.79 Å². The number of amides is 1. The monoisotopic (exact) mass is 380 g/mol. The summed E-state index contributed by atoms with van der Waals surface area (Å²) >= 11 is 1.77. The molecular formula is C22H26N3OS+. The first-order chi connectivity index (χ1) is 13.1. The number of hydrogen-bond donors (Lipinski definition) is 2. The lowest BCUT2D eigenvalue weighted by Gasteiger charge is -2.19. The van der Waals surface area contributed by atoms with Crippen molar-refractivity contribution in [3.63, 3.8) is 0 Å². The van der Waals surface area contributed by atoms with Crippen LogP contribution in [-0.4, -0.2) is 24.0 Å². The van der Waals surface area contributed by atoms with Crippen LogP contribution in [0.5, 0.6) is 0 Å². The number of likely N-dealkylation sites (tertiary alicyclic amines) is 1. The Morgan fingerprint density at radius 1 is 1.22 bits per heavy atom. The molecule has 1 aliphatic rings. The Balaban J connectivity index is 1.42. The van der Waals surface area contributed by atoms with Gasteiger partial charge in [-0.25, -0.2) is 4.98 Å². The summed E-state index contributed by atoms with van der Waals surface area (Å²) in [7, 11) is 0. The zero-order valence-electron chi connectivity index (χ0n) is 15.9. The summed E-state index contributed by atoms with van der Waals surface area (Å²) in [5.41, 5.74) is 3.23. The molecule has 0 saturated carbocycles. The average Bonchev–Trinajstić information content (AvgIpc) is 3.28. The highest BCUT2D eigenvalue weighted by molar-refractivity contribution is 7.18. The maximum Gasteiger partial charge on any atom is 0.279 e. The fraction of sp³-hybridized carbons (Fsp3) is 0.364. The zero-order chi connectivity index (χ0) is 18.8. The van der Waals surface area contributed by atoms with Gasteiger partial charge in [-0.2, -0.15) is 0 Å². The van der Waals surface area contributed by atoms with Crippen LogP contribution >= 0.6 is 11.3 Å². The number of nitrogens with one attached hydrogen (secondary N) is 2. The zero-order valence-corrected chi connectivity index (χ0v) is 16.7. The molecule has 2 atom stereocenters. The van der Waals surface area contributed by atoms with E-state index in [1.165, 1.54) is 15.2 Å². The number of hydrogen-bond acceptors (Lipinski definition) is 3. The second kappa shape index (κ2) is 7.79. The molecule has 3 aromatic rings. The Morgan fingerprint density at radius 2 is 2.00 bits per heavy atom. The summed E-state index contributed by atoms with van der Waals surface area (Å²) in [4.78, 5) is 18.7. The summed E-state index contributed by atoms with van der Waals surface area (Å²) in [5.74, 6) is 0.577. The van der Waals surface area contributed by atoms with Gasteiger partial charge < -0.3 is 10.2 Å². The summed E-state index contributed by atoms with van der Waals surface area (Å²) < 4.78 is 1.23. The van der Waals surface area contributed by atoms with E-state index >= 15 is 0 Å². The van der Waals surface area contributed by atoms with Crippen LogP contribution in [0.25, 0.3) is 10.2 Å². The number of quaternary nitrogens is 1. The second-order valence-corrected chi connectivity index (χ2v) is 8.69. The molecule has 0 spiro atoms. The van der Waals surface area contributed by atoms with E-state index in [0.717, 1.165) is 35.6 Å². The number of carbonyl (C=O) groups is 1. The molecule has 1 amide bonds. The van der Waals surface area contributed by atoms with Gasteiger partial charge in [0, 0.05) is 18.5 Å². The molecule has 5 heteroatoms. The number of para-hydroxylation sites is 1. The van der Waals surface area contributed by atoms with Crippen LogP contribution in [0.3, 0.4) is 0 Å². The SMILES string of the molecule is CC(C)c1ccc(NC(=O)C[NH+]2CCC[C@@H]2c2nc3ccccc3s2)cc1. The fourth-order valence-corrected chi connectivity index (χ4v) is 4.98. The Labute approximate surface area is 164 Å². The normalized spacial score (nSPS) is 19.7. The lowest BCUT2D eigenvalue weighted by Crippen LogP contribution is -3.11. The van der Waals surface area contributed by atoms with E-state index in [1.54, 1.807) is 11.3 Å². The predicted octanol–water partition coefficient (Wildman–Crippen LogP) is 3.78. The van der Waals surface area contributed by atoms with Crippen LogP contribution in [0.1, 0.15) is 49.2 Å². The van der Waals surface area contributed by atoms with Crippen molar-refractivity contribution >= 4 is 33.1 Å². The number of rotatable bonds is 5. The number of carbonyl (C=O) groups excluding carboxylic acids is 1. The molecule has 1 fully saturated rings. The molecule has 1 aromatic heterocycles. The predicted molar refractivity (Wildman–Crippen MR) is 111 cm³/mol. The molecule has 140 valence electrons. The van der Waals surface area contributed by atoms with Crippen molar-refractivity contribution in [3.05, 3.63) is 59.1 Å². The highest BCUT2D eigenvalue weighted by Crippen LogP contribution is 2.28. The summed E-state index contributed by atoms with van der Waals surface area (Å²) in [6.07, 6.45) is 2.25. The third-order valence-corrected chi connectivity index (χ3v) is 6.49. The maximum absolute atomic E-state index is 12.6. The Bertz CT molecular complexity index is 899. The minimum atomic E-state index is 0.0790. The van der Waals surface area contributed by atoms with Crippen LogP contribution in [-0.2, 0) is 4.79 Å². The van der Waals surface area contributed by atoms with Gasteiger partial charge in [0.05, 0.1) is 16.8 Å². The van der Waals surface area contributed by atoms with E-state index in [0.29, 0.717) is 18.5 Å². The molecule has 4 rings (SSSR count). The summed E-state index contributed by atoms with van der Waals surface area (Å²) in [6.45, 7) is 5.87. The van der Waals surface area contributed by atoms with Gasteiger partial charge in [-0.1, -0.05) is 38.1 Å². The molecule has 2 heterocycles. The van der Waals surface area contributed by atoms with Gasteiger partial charge in [0.2, 0.25) is 0 Å². The summed E-state index contributed by atoms with van der Waals surface area (Å²) in [6, 6.07) is 16.8. The van der Waals surface area contributed by atoms with Gasteiger partial charge in [0.1, 0.15) is 6.04 Å². The van der Waals surface area contributed by atoms with E-state index in [-0.39, 0.29) is 5.91 Å². The van der Waals surface area contributed by atoms with Crippen LogP contribution in [0.4, 0.5) is 5.69 Å². The maximum atomic E-state index is 12.6. The number of anilines is 1. The fourth-order valence-electron chi connectivity index (χ4n) is 3.82. The van der Waals surface area contributed by atoms with Crippen molar-refractivity contribution in [2.45, 2.75) is 38.6 Å². The van der Waals surface area contributed by atoms with Crippen molar-refractivity contribution in [3.8, 4) is 0 Å². The van der Waals surface area contributed by atoms with Gasteiger partial charge in [0.15, 0.2) is 11.6 Å². The molecular weight excluding hydrogens is 354 g/mol. The third kappa shape index (κ3) is 4.04. The smallest absolute Gasteiger partial charge is 0.279 e. The number of thiazole rings is 1.